The second-order valence-corrected chi connectivity index (χ2v) is 7.81. The molecule has 19 heavy (non-hydrogen) atoms. The standard InChI is InChI=1S/C14H32N2O2S/c1-3-4-5-6-7-8-9-11-14(16-15)12-10-13-19(2,17)18/h14,16H,3-13,15H2,1-2H3. The molecule has 0 aliphatic heterocycles. The van der Waals surface area contributed by atoms with Crippen molar-refractivity contribution in [3.63, 3.8) is 0 Å². The molecule has 0 rings (SSSR count). The van der Waals surface area contributed by atoms with Crippen LogP contribution in [-0.4, -0.2) is 26.5 Å². The Bertz CT molecular complexity index is 292. The maximum atomic E-state index is 11.0. The minimum Gasteiger partial charge on any atom is -0.271 e. The minimum absolute atomic E-state index is 0.261. The Balaban J connectivity index is 3.49. The monoisotopic (exact) mass is 292 g/mol. The topological polar surface area (TPSA) is 72.2 Å². The van der Waals surface area contributed by atoms with Gasteiger partial charge in [0.15, 0.2) is 0 Å². The summed E-state index contributed by atoms with van der Waals surface area (Å²) in [6.45, 7) is 2.23. The molecule has 1 unspecified atom stereocenters. The van der Waals surface area contributed by atoms with Gasteiger partial charge in [0, 0.05) is 18.1 Å². The van der Waals surface area contributed by atoms with E-state index in [0.29, 0.717) is 6.42 Å². The van der Waals surface area contributed by atoms with Crippen LogP contribution in [0.5, 0.6) is 0 Å². The molecule has 0 bridgehead atoms. The number of hydrogen-bond acceptors (Lipinski definition) is 4. The molecule has 5 heteroatoms. The van der Waals surface area contributed by atoms with Crippen molar-refractivity contribution in [3.8, 4) is 0 Å². The number of nitrogens with one attached hydrogen (secondary N) is 1. The number of nitrogens with two attached hydrogens (primary N) is 1. The first-order valence-electron chi connectivity index (χ1n) is 7.63. The molecule has 0 saturated carbocycles. The van der Waals surface area contributed by atoms with Crippen LogP contribution in [0.2, 0.25) is 0 Å². The summed E-state index contributed by atoms with van der Waals surface area (Å²) >= 11 is 0. The molecule has 0 aliphatic rings. The first-order chi connectivity index (χ1) is 8.99. The average Bonchev–Trinajstić information content (AvgIpc) is 2.34. The van der Waals surface area contributed by atoms with Crippen molar-refractivity contribution in [1.29, 1.82) is 0 Å². The van der Waals surface area contributed by atoms with Crippen LogP contribution >= 0.6 is 0 Å². The van der Waals surface area contributed by atoms with Crippen LogP contribution in [0, 0.1) is 0 Å². The first-order valence-corrected chi connectivity index (χ1v) is 9.69. The fourth-order valence-electron chi connectivity index (χ4n) is 2.25. The zero-order chi connectivity index (χ0) is 14.6. The Kier molecular flexibility index (Phi) is 11.6. The van der Waals surface area contributed by atoms with E-state index in [1.807, 2.05) is 0 Å². The Morgan fingerprint density at radius 1 is 0.947 bits per heavy atom. The number of hydrogen-bond donors (Lipinski definition) is 2. The largest absolute Gasteiger partial charge is 0.271 e. The zero-order valence-electron chi connectivity index (χ0n) is 12.7. The molecular weight excluding hydrogens is 260 g/mol. The molecule has 0 aromatic carbocycles. The highest BCUT2D eigenvalue weighted by molar-refractivity contribution is 7.90. The summed E-state index contributed by atoms with van der Waals surface area (Å²) in [7, 11) is -2.83. The van der Waals surface area contributed by atoms with Gasteiger partial charge in [-0.25, -0.2) is 8.42 Å². The number of sulfone groups is 1. The lowest BCUT2D eigenvalue weighted by Crippen LogP contribution is -2.35. The van der Waals surface area contributed by atoms with E-state index < -0.39 is 9.84 Å². The fourth-order valence-corrected chi connectivity index (χ4v) is 2.94. The predicted octanol–water partition coefficient (Wildman–Crippen LogP) is 2.78. The van der Waals surface area contributed by atoms with Gasteiger partial charge < -0.3 is 0 Å². The summed E-state index contributed by atoms with van der Waals surface area (Å²) in [5.74, 6) is 5.77. The molecule has 116 valence electrons. The molecule has 0 aliphatic carbocycles. The number of unbranched alkanes of at least 4 members (excludes halogenated alkanes) is 6. The second-order valence-electron chi connectivity index (χ2n) is 5.55. The summed E-state index contributed by atoms with van der Waals surface area (Å²) in [5, 5.41) is 0. The van der Waals surface area contributed by atoms with Gasteiger partial charge in [0.05, 0.1) is 0 Å². The van der Waals surface area contributed by atoms with Gasteiger partial charge in [0.25, 0.3) is 0 Å². The van der Waals surface area contributed by atoms with Gasteiger partial charge in [0.2, 0.25) is 0 Å². The highest BCUT2D eigenvalue weighted by Gasteiger charge is 2.08. The van der Waals surface area contributed by atoms with Gasteiger partial charge in [-0.2, -0.15) is 0 Å². The van der Waals surface area contributed by atoms with E-state index >= 15 is 0 Å². The van der Waals surface area contributed by atoms with Gasteiger partial charge in [-0.1, -0.05) is 51.9 Å². The third kappa shape index (κ3) is 14.1. The van der Waals surface area contributed by atoms with Crippen molar-refractivity contribution in [2.24, 2.45) is 5.84 Å². The number of rotatable bonds is 13. The van der Waals surface area contributed by atoms with Crippen molar-refractivity contribution in [3.05, 3.63) is 0 Å². The molecule has 0 heterocycles. The van der Waals surface area contributed by atoms with E-state index in [0.717, 1.165) is 12.8 Å². The molecule has 3 N–H and O–H groups in total. The lowest BCUT2D eigenvalue weighted by molar-refractivity contribution is 0.434. The lowest BCUT2D eigenvalue weighted by atomic mass is 10.0. The quantitative estimate of drug-likeness (QED) is 0.311. The molecule has 0 spiro atoms. The third-order valence-electron chi connectivity index (χ3n) is 3.46. The van der Waals surface area contributed by atoms with Crippen LogP contribution in [-0.2, 0) is 9.84 Å². The minimum atomic E-state index is -2.83. The smallest absolute Gasteiger partial charge is 0.147 e. The highest BCUT2D eigenvalue weighted by Crippen LogP contribution is 2.12. The lowest BCUT2D eigenvalue weighted by Gasteiger charge is -2.15. The van der Waals surface area contributed by atoms with Gasteiger partial charge >= 0.3 is 0 Å². The zero-order valence-corrected chi connectivity index (χ0v) is 13.5. The van der Waals surface area contributed by atoms with Crippen molar-refractivity contribution >= 4 is 9.84 Å². The fraction of sp³-hybridized carbons (Fsp3) is 1.00. The van der Waals surface area contributed by atoms with Crippen LogP contribution in [0.25, 0.3) is 0 Å². The van der Waals surface area contributed by atoms with Gasteiger partial charge in [-0.15, -0.1) is 0 Å². The van der Waals surface area contributed by atoms with E-state index in [2.05, 4.69) is 12.3 Å². The maximum absolute atomic E-state index is 11.0. The van der Waals surface area contributed by atoms with Crippen LogP contribution in [0.15, 0.2) is 0 Å². The average molecular weight is 292 g/mol. The summed E-state index contributed by atoms with van der Waals surface area (Å²) in [4.78, 5) is 0. The Morgan fingerprint density at radius 3 is 2.00 bits per heavy atom. The molecule has 0 fully saturated rings. The van der Waals surface area contributed by atoms with Gasteiger partial charge in [0.1, 0.15) is 9.84 Å². The summed E-state index contributed by atoms with van der Waals surface area (Å²) < 4.78 is 22.1. The molecule has 0 amide bonds. The van der Waals surface area contributed by atoms with Crippen LogP contribution in [0.1, 0.15) is 71.1 Å². The Morgan fingerprint density at radius 2 is 1.47 bits per heavy atom. The molecule has 0 aromatic rings. The van der Waals surface area contributed by atoms with Gasteiger partial charge in [-0.3, -0.25) is 11.3 Å². The maximum Gasteiger partial charge on any atom is 0.147 e. The summed E-state index contributed by atoms with van der Waals surface area (Å²) in [6, 6.07) is 0.261. The summed E-state index contributed by atoms with van der Waals surface area (Å²) in [6.07, 6.45) is 12.9. The molecule has 0 radical (unpaired) electrons. The molecule has 1 atom stereocenters. The van der Waals surface area contributed by atoms with Crippen molar-refractivity contribution in [2.45, 2.75) is 77.2 Å². The predicted molar refractivity (Wildman–Crippen MR) is 82.7 cm³/mol. The van der Waals surface area contributed by atoms with Crippen molar-refractivity contribution in [2.75, 3.05) is 12.0 Å². The second kappa shape index (κ2) is 11.7. The SMILES string of the molecule is CCCCCCCCCC(CCCS(C)(=O)=O)NN. The Hall–Kier alpha value is -0.130. The van der Waals surface area contributed by atoms with Gasteiger partial charge in [-0.05, 0) is 19.3 Å². The molecule has 0 saturated heterocycles. The highest BCUT2D eigenvalue weighted by atomic mass is 32.2. The molecular formula is C14H32N2O2S. The van der Waals surface area contributed by atoms with Crippen LogP contribution in [0.4, 0.5) is 0 Å². The molecule has 0 aromatic heterocycles. The van der Waals surface area contributed by atoms with Crippen molar-refractivity contribution in [1.82, 2.24) is 5.43 Å². The van der Waals surface area contributed by atoms with E-state index in [9.17, 15) is 8.42 Å². The van der Waals surface area contributed by atoms with Crippen molar-refractivity contribution < 1.29 is 8.42 Å². The number of hydrazine groups is 1. The third-order valence-corrected chi connectivity index (χ3v) is 4.49. The van der Waals surface area contributed by atoms with E-state index in [4.69, 9.17) is 5.84 Å². The first kappa shape index (κ1) is 18.9. The normalized spacial score (nSPS) is 13.6. The van der Waals surface area contributed by atoms with Crippen LogP contribution in [0.3, 0.4) is 0 Å². The van der Waals surface area contributed by atoms with E-state index in [-0.39, 0.29) is 11.8 Å². The van der Waals surface area contributed by atoms with Crippen LogP contribution < -0.4 is 11.3 Å². The Labute approximate surface area is 119 Å². The van der Waals surface area contributed by atoms with E-state index in [1.165, 1.54) is 51.2 Å². The molecule has 4 nitrogen and oxygen atoms in total. The summed E-state index contributed by atoms with van der Waals surface area (Å²) in [5.41, 5.74) is 2.80. The van der Waals surface area contributed by atoms with E-state index in [1.54, 1.807) is 0 Å².